The zero-order valence-corrected chi connectivity index (χ0v) is 16.4. The van der Waals surface area contributed by atoms with Gasteiger partial charge in [0.05, 0.1) is 31.7 Å². The average molecular weight is 390 g/mol. The highest BCUT2D eigenvalue weighted by molar-refractivity contribution is 6.02. The topological polar surface area (TPSA) is 56.4 Å². The van der Waals surface area contributed by atoms with E-state index in [1.54, 1.807) is 13.4 Å². The molecule has 148 valence electrons. The molecule has 0 amide bonds. The van der Waals surface area contributed by atoms with Crippen LogP contribution in [0.3, 0.4) is 0 Å². The number of para-hydroxylation sites is 1. The van der Waals surface area contributed by atoms with Crippen LogP contribution in [0.2, 0.25) is 0 Å². The van der Waals surface area contributed by atoms with Crippen molar-refractivity contribution in [2.24, 2.45) is 5.10 Å². The van der Waals surface area contributed by atoms with Gasteiger partial charge in [-0.3, -0.25) is 0 Å². The Morgan fingerprint density at radius 1 is 1.10 bits per heavy atom. The van der Waals surface area contributed by atoms with Gasteiger partial charge in [0, 0.05) is 12.0 Å². The second-order valence-corrected chi connectivity index (χ2v) is 6.97. The summed E-state index contributed by atoms with van der Waals surface area (Å²) in [7, 11) is 1.66. The van der Waals surface area contributed by atoms with Crippen LogP contribution >= 0.6 is 0 Å². The highest BCUT2D eigenvalue weighted by Gasteiger charge is 2.43. The maximum atomic E-state index is 6.33. The number of hydrogen-bond acceptors (Lipinski definition) is 6. The number of hydrogen-bond donors (Lipinski definition) is 0. The van der Waals surface area contributed by atoms with Crippen molar-refractivity contribution in [3.8, 4) is 17.2 Å². The zero-order valence-electron chi connectivity index (χ0n) is 16.4. The molecule has 2 atom stereocenters. The third-order valence-corrected chi connectivity index (χ3v) is 5.29. The van der Waals surface area contributed by atoms with Crippen LogP contribution in [0.25, 0.3) is 0 Å². The van der Waals surface area contributed by atoms with Crippen LogP contribution in [0, 0.1) is 0 Å². The van der Waals surface area contributed by atoms with Gasteiger partial charge in [0.1, 0.15) is 5.75 Å². The van der Waals surface area contributed by atoms with Crippen LogP contribution in [0.15, 0.2) is 70.4 Å². The molecule has 3 heterocycles. The van der Waals surface area contributed by atoms with Gasteiger partial charge in [0.2, 0.25) is 6.23 Å². The van der Waals surface area contributed by atoms with Crippen molar-refractivity contribution in [3.05, 3.63) is 77.7 Å². The van der Waals surface area contributed by atoms with Crippen molar-refractivity contribution in [1.82, 2.24) is 5.01 Å². The van der Waals surface area contributed by atoms with Crippen molar-refractivity contribution in [2.45, 2.75) is 25.6 Å². The summed E-state index contributed by atoms with van der Waals surface area (Å²) in [5.41, 5.74) is 3.15. The second kappa shape index (κ2) is 7.20. The Bertz CT molecular complexity index is 1030. The van der Waals surface area contributed by atoms with E-state index in [0.29, 0.717) is 18.1 Å². The summed E-state index contributed by atoms with van der Waals surface area (Å²) in [6.45, 7) is 2.63. The molecule has 0 radical (unpaired) electrons. The number of benzene rings is 2. The van der Waals surface area contributed by atoms with E-state index in [9.17, 15) is 0 Å². The van der Waals surface area contributed by atoms with Gasteiger partial charge < -0.3 is 18.6 Å². The molecule has 2 aliphatic rings. The van der Waals surface area contributed by atoms with Gasteiger partial charge in [-0.15, -0.1) is 0 Å². The summed E-state index contributed by atoms with van der Waals surface area (Å²) in [6, 6.07) is 17.9. The van der Waals surface area contributed by atoms with Crippen molar-refractivity contribution in [2.75, 3.05) is 13.7 Å². The second-order valence-electron chi connectivity index (χ2n) is 6.97. The van der Waals surface area contributed by atoms with Gasteiger partial charge in [-0.25, -0.2) is 5.01 Å². The zero-order chi connectivity index (χ0) is 19.8. The van der Waals surface area contributed by atoms with E-state index in [4.69, 9.17) is 23.7 Å². The molecule has 0 saturated heterocycles. The van der Waals surface area contributed by atoms with Crippen LogP contribution < -0.4 is 14.2 Å². The van der Waals surface area contributed by atoms with Crippen LogP contribution in [0.5, 0.6) is 17.2 Å². The molecule has 0 bridgehead atoms. The Hall–Kier alpha value is -3.41. The first kappa shape index (κ1) is 17.7. The summed E-state index contributed by atoms with van der Waals surface area (Å²) in [4.78, 5) is 0. The highest BCUT2D eigenvalue weighted by atomic mass is 16.5. The summed E-state index contributed by atoms with van der Waals surface area (Å²) in [5.74, 6) is 3.04. The van der Waals surface area contributed by atoms with Crippen molar-refractivity contribution in [3.63, 3.8) is 0 Å². The van der Waals surface area contributed by atoms with E-state index in [1.165, 1.54) is 0 Å². The Kier molecular flexibility index (Phi) is 4.39. The molecule has 0 aliphatic carbocycles. The largest absolute Gasteiger partial charge is 0.494 e. The van der Waals surface area contributed by atoms with E-state index < -0.39 is 6.23 Å². The molecule has 6 nitrogen and oxygen atoms in total. The Labute approximate surface area is 169 Å². The third-order valence-electron chi connectivity index (χ3n) is 5.29. The Morgan fingerprint density at radius 3 is 2.69 bits per heavy atom. The smallest absolute Gasteiger partial charge is 0.246 e. The molecule has 2 aromatic carbocycles. The first-order valence-electron chi connectivity index (χ1n) is 9.74. The number of furan rings is 1. The molecule has 3 aromatic rings. The SMILES string of the molecule is CCOc1ccc(C2=NN3[C@H](C2)c2cccc(OC)c2O[C@@H]3c2ccco2)cc1. The predicted molar refractivity (Wildman–Crippen MR) is 108 cm³/mol. The number of methoxy groups -OCH3 is 1. The first-order valence-corrected chi connectivity index (χ1v) is 9.74. The minimum Gasteiger partial charge on any atom is -0.494 e. The number of ether oxygens (including phenoxy) is 3. The standard InChI is InChI=1S/C23H22N2O4/c1-3-27-16-11-9-15(10-12-16)18-14-19-17-6-4-7-20(26-2)22(17)29-23(25(19)24-18)21-8-5-13-28-21/h4-13,19,23H,3,14H2,1-2H3/t19-,23-/m1/s1. The van der Waals surface area contributed by atoms with Crippen molar-refractivity contribution >= 4 is 5.71 Å². The van der Waals surface area contributed by atoms with Gasteiger partial charge >= 0.3 is 0 Å². The molecule has 5 rings (SSSR count). The number of fused-ring (bicyclic) bond motifs is 3. The molecule has 0 fully saturated rings. The van der Waals surface area contributed by atoms with E-state index in [2.05, 4.69) is 18.2 Å². The molecule has 0 saturated carbocycles. The maximum Gasteiger partial charge on any atom is 0.246 e. The minimum absolute atomic E-state index is 0.0468. The third kappa shape index (κ3) is 3.01. The molecule has 0 spiro atoms. The Balaban J connectivity index is 1.54. The van der Waals surface area contributed by atoms with E-state index in [1.807, 2.05) is 48.3 Å². The quantitative estimate of drug-likeness (QED) is 0.618. The summed E-state index contributed by atoms with van der Waals surface area (Å²) in [6.07, 6.45) is 1.98. The normalized spacial score (nSPS) is 19.8. The summed E-state index contributed by atoms with van der Waals surface area (Å²) >= 11 is 0. The van der Waals surface area contributed by atoms with Crippen LogP contribution in [0.1, 0.15) is 42.5 Å². The number of rotatable bonds is 5. The first-order chi connectivity index (χ1) is 14.3. The van der Waals surface area contributed by atoms with Crippen LogP contribution in [0.4, 0.5) is 0 Å². The molecule has 1 aromatic heterocycles. The van der Waals surface area contributed by atoms with Crippen LogP contribution in [-0.2, 0) is 0 Å². The van der Waals surface area contributed by atoms with Gasteiger partial charge in [0.15, 0.2) is 17.3 Å². The van der Waals surface area contributed by atoms with E-state index in [0.717, 1.165) is 34.8 Å². The minimum atomic E-state index is -0.445. The maximum absolute atomic E-state index is 6.33. The number of nitrogens with zero attached hydrogens (tertiary/aromatic N) is 2. The molecule has 6 heteroatoms. The van der Waals surface area contributed by atoms with E-state index >= 15 is 0 Å². The van der Waals surface area contributed by atoms with Gasteiger partial charge in [0.25, 0.3) is 0 Å². The van der Waals surface area contributed by atoms with Crippen molar-refractivity contribution in [1.29, 1.82) is 0 Å². The lowest BCUT2D eigenvalue weighted by Gasteiger charge is -2.37. The monoisotopic (exact) mass is 390 g/mol. The fraction of sp³-hybridized carbons (Fsp3) is 0.261. The lowest BCUT2D eigenvalue weighted by Crippen LogP contribution is -2.33. The van der Waals surface area contributed by atoms with Crippen LogP contribution in [-0.4, -0.2) is 24.4 Å². The molecular weight excluding hydrogens is 368 g/mol. The molecular formula is C23H22N2O4. The lowest BCUT2D eigenvalue weighted by atomic mass is 9.96. The van der Waals surface area contributed by atoms with Gasteiger partial charge in [-0.05, 0) is 55.0 Å². The van der Waals surface area contributed by atoms with Crippen molar-refractivity contribution < 1.29 is 18.6 Å². The van der Waals surface area contributed by atoms with Gasteiger partial charge in [-0.2, -0.15) is 5.10 Å². The molecule has 2 aliphatic heterocycles. The predicted octanol–water partition coefficient (Wildman–Crippen LogP) is 4.93. The van der Waals surface area contributed by atoms with E-state index in [-0.39, 0.29) is 6.04 Å². The highest BCUT2D eigenvalue weighted by Crippen LogP contribution is 2.50. The lowest BCUT2D eigenvalue weighted by molar-refractivity contribution is -0.0342. The summed E-state index contributed by atoms with van der Waals surface area (Å²) in [5, 5.41) is 6.92. The molecule has 29 heavy (non-hydrogen) atoms. The summed E-state index contributed by atoms with van der Waals surface area (Å²) < 4.78 is 23.1. The molecule has 0 N–H and O–H groups in total. The fourth-order valence-electron chi connectivity index (χ4n) is 3.95. The number of hydrazone groups is 1. The molecule has 0 unspecified atom stereocenters. The fourth-order valence-corrected chi connectivity index (χ4v) is 3.95. The average Bonchev–Trinajstić information content (AvgIpc) is 3.44. The Morgan fingerprint density at radius 2 is 1.97 bits per heavy atom. The van der Waals surface area contributed by atoms with Gasteiger partial charge in [-0.1, -0.05) is 12.1 Å².